The molecule has 0 heterocycles. The maximum Gasteiger partial charge on any atom is 0.337 e. The van der Waals surface area contributed by atoms with Gasteiger partial charge in [0.2, 0.25) is 0 Å². The van der Waals surface area contributed by atoms with Crippen LogP contribution >= 0.6 is 0 Å². The number of ether oxygens (including phenoxy) is 1. The van der Waals surface area contributed by atoms with Crippen LogP contribution in [0.4, 0.5) is 0 Å². The maximum absolute atomic E-state index is 11.3. The molecule has 0 aliphatic rings. The van der Waals surface area contributed by atoms with E-state index in [9.17, 15) is 9.90 Å². The third kappa shape index (κ3) is 3.55. The molecule has 100 valence electrons. The van der Waals surface area contributed by atoms with Gasteiger partial charge in [0.1, 0.15) is 0 Å². The number of hydrogen-bond acceptors (Lipinski definition) is 4. The second-order valence-corrected chi connectivity index (χ2v) is 5.02. The molecule has 0 atom stereocenters. The maximum atomic E-state index is 11.3. The molecule has 1 aromatic rings. The number of hydrogen-bond donors (Lipinski definition) is 1. The Morgan fingerprint density at radius 2 is 1.89 bits per heavy atom. The van der Waals surface area contributed by atoms with Gasteiger partial charge in [-0.25, -0.2) is 4.79 Å². The highest BCUT2D eigenvalue weighted by molar-refractivity contribution is 5.89. The lowest BCUT2D eigenvalue weighted by Crippen LogP contribution is -2.43. The first-order chi connectivity index (χ1) is 8.40. The summed E-state index contributed by atoms with van der Waals surface area (Å²) in [4.78, 5) is 13.4. The van der Waals surface area contributed by atoms with Crippen molar-refractivity contribution in [3.8, 4) is 0 Å². The van der Waals surface area contributed by atoms with Gasteiger partial charge in [-0.15, -0.1) is 0 Å². The number of benzene rings is 1. The molecule has 4 heteroatoms. The molecule has 0 saturated carbocycles. The van der Waals surface area contributed by atoms with E-state index in [2.05, 4.69) is 9.64 Å². The first-order valence-electron chi connectivity index (χ1n) is 5.90. The zero-order valence-electron chi connectivity index (χ0n) is 11.4. The van der Waals surface area contributed by atoms with E-state index in [-0.39, 0.29) is 18.1 Å². The largest absolute Gasteiger partial charge is 0.465 e. The van der Waals surface area contributed by atoms with E-state index >= 15 is 0 Å². The smallest absolute Gasteiger partial charge is 0.337 e. The van der Waals surface area contributed by atoms with Crippen molar-refractivity contribution in [2.24, 2.45) is 0 Å². The predicted molar refractivity (Wildman–Crippen MR) is 70.4 cm³/mol. The summed E-state index contributed by atoms with van der Waals surface area (Å²) in [6, 6.07) is 7.30. The average molecular weight is 251 g/mol. The highest BCUT2D eigenvalue weighted by Crippen LogP contribution is 2.15. The summed E-state index contributed by atoms with van der Waals surface area (Å²) in [6.45, 7) is 4.78. The van der Waals surface area contributed by atoms with Gasteiger partial charge >= 0.3 is 5.97 Å². The molecular weight excluding hydrogens is 230 g/mol. The van der Waals surface area contributed by atoms with Gasteiger partial charge in [0.15, 0.2) is 0 Å². The van der Waals surface area contributed by atoms with Gasteiger partial charge in [0.05, 0.1) is 19.3 Å². The van der Waals surface area contributed by atoms with E-state index in [4.69, 9.17) is 0 Å². The predicted octanol–water partition coefficient (Wildman–Crippen LogP) is 1.68. The molecule has 0 radical (unpaired) electrons. The summed E-state index contributed by atoms with van der Waals surface area (Å²) in [5, 5.41) is 9.29. The molecule has 0 saturated heterocycles. The zero-order valence-corrected chi connectivity index (χ0v) is 11.4. The topological polar surface area (TPSA) is 49.8 Å². The summed E-state index contributed by atoms with van der Waals surface area (Å²) in [5.74, 6) is -0.328. The third-order valence-corrected chi connectivity index (χ3v) is 3.22. The van der Waals surface area contributed by atoms with Crippen molar-refractivity contribution in [1.29, 1.82) is 0 Å². The minimum atomic E-state index is -0.328. The monoisotopic (exact) mass is 251 g/mol. The lowest BCUT2D eigenvalue weighted by Gasteiger charge is -2.33. The fraction of sp³-hybridized carbons (Fsp3) is 0.500. The SMILES string of the molecule is COC(=O)c1ccc(CN(C)C(C)(C)CO)cc1. The molecule has 0 unspecified atom stereocenters. The van der Waals surface area contributed by atoms with E-state index < -0.39 is 0 Å². The van der Waals surface area contributed by atoms with Gasteiger partial charge in [0.25, 0.3) is 0 Å². The minimum Gasteiger partial charge on any atom is -0.465 e. The number of aliphatic hydroxyl groups is 1. The Bertz CT molecular complexity index is 398. The van der Waals surface area contributed by atoms with Crippen LogP contribution in [-0.4, -0.2) is 42.3 Å². The van der Waals surface area contributed by atoms with Gasteiger partial charge in [-0.1, -0.05) is 12.1 Å². The van der Waals surface area contributed by atoms with Crippen LogP contribution in [0.2, 0.25) is 0 Å². The highest BCUT2D eigenvalue weighted by Gasteiger charge is 2.22. The lowest BCUT2D eigenvalue weighted by molar-refractivity contribution is 0.0600. The normalized spacial score (nSPS) is 11.7. The minimum absolute atomic E-state index is 0.101. The molecule has 1 rings (SSSR count). The Morgan fingerprint density at radius 3 is 2.33 bits per heavy atom. The summed E-state index contributed by atoms with van der Waals surface area (Å²) in [6.07, 6.45) is 0. The second kappa shape index (κ2) is 5.98. The molecule has 1 N–H and O–H groups in total. The highest BCUT2D eigenvalue weighted by atomic mass is 16.5. The molecular formula is C14H21NO3. The number of nitrogens with zero attached hydrogens (tertiary/aromatic N) is 1. The van der Waals surface area contributed by atoms with Crippen molar-refractivity contribution in [1.82, 2.24) is 4.90 Å². The number of carbonyl (C=O) groups excluding carboxylic acids is 1. The van der Waals surface area contributed by atoms with E-state index in [1.165, 1.54) is 7.11 Å². The number of likely N-dealkylation sites (N-methyl/N-ethyl adjacent to an activating group) is 1. The van der Waals surface area contributed by atoms with Crippen LogP contribution in [0, 0.1) is 0 Å². The van der Waals surface area contributed by atoms with Gasteiger partial charge in [-0.05, 0) is 38.6 Å². The number of methoxy groups -OCH3 is 1. The van der Waals surface area contributed by atoms with Gasteiger partial charge in [-0.2, -0.15) is 0 Å². The molecule has 0 aliphatic carbocycles. The van der Waals surface area contributed by atoms with Crippen LogP contribution < -0.4 is 0 Å². The zero-order chi connectivity index (χ0) is 13.8. The summed E-state index contributed by atoms with van der Waals surface area (Å²) in [7, 11) is 3.33. The molecule has 18 heavy (non-hydrogen) atoms. The Kier molecular flexibility index (Phi) is 4.87. The number of esters is 1. The first-order valence-corrected chi connectivity index (χ1v) is 5.90. The number of rotatable bonds is 5. The van der Waals surface area contributed by atoms with Gasteiger partial charge < -0.3 is 9.84 Å². The van der Waals surface area contributed by atoms with Crippen molar-refractivity contribution in [3.05, 3.63) is 35.4 Å². The standard InChI is InChI=1S/C14H21NO3/c1-14(2,10-16)15(3)9-11-5-7-12(8-6-11)13(17)18-4/h5-8,16H,9-10H2,1-4H3. The fourth-order valence-electron chi connectivity index (χ4n) is 1.47. The average Bonchev–Trinajstić information content (AvgIpc) is 2.38. The van der Waals surface area contributed by atoms with Crippen molar-refractivity contribution >= 4 is 5.97 Å². The molecule has 0 amide bonds. The Morgan fingerprint density at radius 1 is 1.33 bits per heavy atom. The Balaban J connectivity index is 2.72. The molecule has 0 spiro atoms. The van der Waals surface area contributed by atoms with Crippen molar-refractivity contribution < 1.29 is 14.6 Å². The molecule has 4 nitrogen and oxygen atoms in total. The molecule has 1 aromatic carbocycles. The first kappa shape index (κ1) is 14.7. The van der Waals surface area contributed by atoms with E-state index in [0.717, 1.165) is 12.1 Å². The van der Waals surface area contributed by atoms with E-state index in [0.29, 0.717) is 5.56 Å². The quantitative estimate of drug-likeness (QED) is 0.809. The Hall–Kier alpha value is -1.39. The van der Waals surface area contributed by atoms with E-state index in [1.54, 1.807) is 12.1 Å². The molecule has 0 bridgehead atoms. The lowest BCUT2D eigenvalue weighted by atomic mass is 10.0. The van der Waals surface area contributed by atoms with Crippen LogP contribution in [0.1, 0.15) is 29.8 Å². The Labute approximate surface area is 108 Å². The molecule has 0 aromatic heterocycles. The summed E-state index contributed by atoms with van der Waals surface area (Å²) >= 11 is 0. The second-order valence-electron chi connectivity index (χ2n) is 5.02. The summed E-state index contributed by atoms with van der Waals surface area (Å²) in [5.41, 5.74) is 1.37. The molecule has 0 aliphatic heterocycles. The van der Waals surface area contributed by atoms with Crippen LogP contribution in [0.15, 0.2) is 24.3 Å². The van der Waals surface area contributed by atoms with Gasteiger partial charge in [-0.3, -0.25) is 4.90 Å². The van der Waals surface area contributed by atoms with Crippen LogP contribution in [0.25, 0.3) is 0 Å². The van der Waals surface area contributed by atoms with Crippen LogP contribution in [0.5, 0.6) is 0 Å². The fourth-order valence-corrected chi connectivity index (χ4v) is 1.47. The van der Waals surface area contributed by atoms with Gasteiger partial charge in [0, 0.05) is 12.1 Å². The molecule has 0 fully saturated rings. The number of aliphatic hydroxyl groups excluding tert-OH is 1. The van der Waals surface area contributed by atoms with Crippen molar-refractivity contribution in [2.45, 2.75) is 25.9 Å². The third-order valence-electron chi connectivity index (χ3n) is 3.22. The van der Waals surface area contributed by atoms with E-state index in [1.807, 2.05) is 33.0 Å². The van der Waals surface area contributed by atoms with Crippen LogP contribution in [-0.2, 0) is 11.3 Å². The van der Waals surface area contributed by atoms with Crippen LogP contribution in [0.3, 0.4) is 0 Å². The summed E-state index contributed by atoms with van der Waals surface area (Å²) < 4.78 is 4.65. The van der Waals surface area contributed by atoms with Crippen molar-refractivity contribution in [3.63, 3.8) is 0 Å². The van der Waals surface area contributed by atoms with Crippen molar-refractivity contribution in [2.75, 3.05) is 20.8 Å². The number of carbonyl (C=O) groups is 1.